The summed E-state index contributed by atoms with van der Waals surface area (Å²) < 4.78 is 25.7. The lowest BCUT2D eigenvalue weighted by Gasteiger charge is -2.08. The molecule has 0 aliphatic heterocycles. The fraction of sp³-hybridized carbons (Fsp3) is 0.176. The average molecular weight is 440 g/mol. The van der Waals surface area contributed by atoms with Gasteiger partial charge in [-0.25, -0.2) is 9.18 Å². The highest BCUT2D eigenvalue weighted by Gasteiger charge is 2.23. The Morgan fingerprint density at radius 2 is 2.21 bits per heavy atom. The quantitative estimate of drug-likeness (QED) is 0.467. The van der Waals surface area contributed by atoms with Crippen LogP contribution in [0.5, 0.6) is 0 Å². The Hall–Kier alpha value is -2.16. The normalized spacial score (nSPS) is 10.8. The molecule has 0 unspecified atom stereocenters. The van der Waals surface area contributed by atoms with Crippen LogP contribution in [-0.2, 0) is 4.74 Å². The molecule has 0 saturated carbocycles. The summed E-state index contributed by atoms with van der Waals surface area (Å²) in [5.41, 5.74) is 1.88. The van der Waals surface area contributed by atoms with E-state index >= 15 is 0 Å². The molecule has 7 heteroatoms. The van der Waals surface area contributed by atoms with Gasteiger partial charge >= 0.3 is 5.97 Å². The number of carbonyl (C=O) groups excluding carboxylic acids is 1. The zero-order chi connectivity index (χ0) is 17.3. The van der Waals surface area contributed by atoms with E-state index in [0.717, 1.165) is 9.13 Å². The number of halogens is 2. The highest BCUT2D eigenvalue weighted by atomic mass is 127. The molecule has 1 aromatic carbocycles. The van der Waals surface area contributed by atoms with Gasteiger partial charge in [-0.1, -0.05) is 0 Å². The molecule has 1 N–H and O–H groups in total. The van der Waals surface area contributed by atoms with Gasteiger partial charge in [-0.2, -0.15) is 0 Å². The van der Waals surface area contributed by atoms with Crippen molar-refractivity contribution in [1.82, 2.24) is 4.98 Å². The number of esters is 1. The van der Waals surface area contributed by atoms with E-state index in [2.05, 4.69) is 10.3 Å². The molecule has 0 saturated heterocycles. The van der Waals surface area contributed by atoms with Crippen molar-refractivity contribution in [2.75, 3.05) is 11.9 Å². The second kappa shape index (κ2) is 6.76. The Morgan fingerprint density at radius 3 is 2.92 bits per heavy atom. The highest BCUT2D eigenvalue weighted by molar-refractivity contribution is 14.1. The Bertz CT molecular complexity index is 924. The summed E-state index contributed by atoms with van der Waals surface area (Å²) in [6.45, 7) is 3.74. The zero-order valence-corrected chi connectivity index (χ0v) is 15.2. The first-order chi connectivity index (χ1) is 11.5. The molecule has 0 aliphatic rings. The number of hydrogen-bond acceptors (Lipinski definition) is 5. The number of benzene rings is 1. The third-order valence-corrected chi connectivity index (χ3v) is 4.10. The van der Waals surface area contributed by atoms with Crippen LogP contribution in [0.1, 0.15) is 23.0 Å². The highest BCUT2D eigenvalue weighted by Crippen LogP contribution is 2.35. The second-order valence-corrected chi connectivity index (χ2v) is 6.35. The lowest BCUT2D eigenvalue weighted by atomic mass is 10.2. The lowest BCUT2D eigenvalue weighted by Crippen LogP contribution is -2.06. The minimum absolute atomic E-state index is 0.000833. The standard InChI is InChI=1S/C17H14FIN2O3/c1-3-23-17(22)16-14(11-8-20-7-9(2)15(11)24-16)21-13-5-4-10(19)6-12(13)18/h4-8,21H,3H2,1-2H3. The summed E-state index contributed by atoms with van der Waals surface area (Å²) in [6, 6.07) is 4.77. The Morgan fingerprint density at radius 1 is 1.42 bits per heavy atom. The Balaban J connectivity index is 2.15. The van der Waals surface area contributed by atoms with Gasteiger partial charge in [-0.3, -0.25) is 4.98 Å². The van der Waals surface area contributed by atoms with Crippen molar-refractivity contribution in [2.45, 2.75) is 13.8 Å². The maximum atomic E-state index is 14.2. The topological polar surface area (TPSA) is 64.4 Å². The molecule has 3 rings (SSSR count). The predicted molar refractivity (Wildman–Crippen MR) is 97.1 cm³/mol. The number of pyridine rings is 1. The molecule has 24 heavy (non-hydrogen) atoms. The monoisotopic (exact) mass is 440 g/mol. The zero-order valence-electron chi connectivity index (χ0n) is 13.0. The number of anilines is 2. The number of hydrogen-bond donors (Lipinski definition) is 1. The van der Waals surface area contributed by atoms with Gasteiger partial charge in [0.25, 0.3) is 0 Å². The third kappa shape index (κ3) is 3.08. The number of aryl methyl sites for hydroxylation is 1. The smallest absolute Gasteiger partial charge is 0.376 e. The van der Waals surface area contributed by atoms with Crippen molar-refractivity contribution in [2.24, 2.45) is 0 Å². The van der Waals surface area contributed by atoms with E-state index in [-0.39, 0.29) is 18.1 Å². The fourth-order valence-electron chi connectivity index (χ4n) is 2.33. The molecule has 2 aromatic heterocycles. The van der Waals surface area contributed by atoms with E-state index in [9.17, 15) is 9.18 Å². The van der Waals surface area contributed by atoms with Gasteiger partial charge in [0, 0.05) is 21.5 Å². The fourth-order valence-corrected chi connectivity index (χ4v) is 2.79. The van der Waals surface area contributed by atoms with Gasteiger partial charge in [0.2, 0.25) is 5.76 Å². The van der Waals surface area contributed by atoms with Crippen LogP contribution in [0.4, 0.5) is 15.8 Å². The SMILES string of the molecule is CCOC(=O)c1oc2c(C)cncc2c1Nc1ccc(I)cc1F. The van der Waals surface area contributed by atoms with Crippen LogP contribution in [0.3, 0.4) is 0 Å². The number of fused-ring (bicyclic) bond motifs is 1. The van der Waals surface area contributed by atoms with Gasteiger partial charge in [0.1, 0.15) is 17.1 Å². The molecule has 0 aliphatic carbocycles. The van der Waals surface area contributed by atoms with Crippen molar-refractivity contribution < 1.29 is 18.3 Å². The summed E-state index contributed by atoms with van der Waals surface area (Å²) in [5.74, 6) is -1.03. The van der Waals surface area contributed by atoms with Gasteiger partial charge in [-0.15, -0.1) is 0 Å². The first-order valence-electron chi connectivity index (χ1n) is 7.27. The number of rotatable bonds is 4. The third-order valence-electron chi connectivity index (χ3n) is 3.43. The van der Waals surface area contributed by atoms with E-state index in [0.29, 0.717) is 16.7 Å². The van der Waals surface area contributed by atoms with Crippen molar-refractivity contribution in [1.29, 1.82) is 0 Å². The van der Waals surface area contributed by atoms with Gasteiger partial charge in [-0.05, 0) is 54.6 Å². The number of nitrogens with zero attached hydrogens (tertiary/aromatic N) is 1. The van der Waals surface area contributed by atoms with Crippen LogP contribution in [-0.4, -0.2) is 17.6 Å². The minimum Gasteiger partial charge on any atom is -0.460 e. The molecule has 0 atom stereocenters. The van der Waals surface area contributed by atoms with Crippen LogP contribution >= 0.6 is 22.6 Å². The molecule has 2 heterocycles. The van der Waals surface area contributed by atoms with Crippen molar-refractivity contribution in [3.63, 3.8) is 0 Å². The molecular formula is C17H14FIN2O3. The lowest BCUT2D eigenvalue weighted by molar-refractivity contribution is 0.0494. The van der Waals surface area contributed by atoms with Crippen molar-refractivity contribution in [3.8, 4) is 0 Å². The van der Waals surface area contributed by atoms with E-state index in [1.165, 1.54) is 6.07 Å². The first kappa shape index (κ1) is 16.7. The summed E-state index contributed by atoms with van der Waals surface area (Å²) in [4.78, 5) is 16.3. The second-order valence-electron chi connectivity index (χ2n) is 5.11. The first-order valence-corrected chi connectivity index (χ1v) is 8.35. The van der Waals surface area contributed by atoms with Crippen molar-refractivity contribution >= 4 is 50.9 Å². The number of ether oxygens (including phenoxy) is 1. The number of nitrogens with one attached hydrogen (secondary N) is 1. The van der Waals surface area contributed by atoms with Gasteiger partial charge in [0.15, 0.2) is 0 Å². The molecule has 0 radical (unpaired) electrons. The number of aromatic nitrogens is 1. The van der Waals surface area contributed by atoms with Crippen LogP contribution in [0.15, 0.2) is 35.0 Å². The molecule has 0 fully saturated rings. The molecular weight excluding hydrogens is 426 g/mol. The van der Waals surface area contributed by atoms with E-state index < -0.39 is 11.8 Å². The number of furan rings is 1. The Kier molecular flexibility index (Phi) is 4.70. The van der Waals surface area contributed by atoms with Crippen molar-refractivity contribution in [3.05, 3.63) is 51.3 Å². The van der Waals surface area contributed by atoms with Crippen LogP contribution in [0, 0.1) is 16.3 Å². The van der Waals surface area contributed by atoms with Crippen LogP contribution in [0.2, 0.25) is 0 Å². The van der Waals surface area contributed by atoms with E-state index in [1.807, 2.05) is 29.5 Å². The van der Waals surface area contributed by atoms with Crippen LogP contribution in [0.25, 0.3) is 11.0 Å². The van der Waals surface area contributed by atoms with E-state index in [1.54, 1.807) is 31.5 Å². The molecule has 0 bridgehead atoms. The van der Waals surface area contributed by atoms with E-state index in [4.69, 9.17) is 9.15 Å². The molecule has 0 spiro atoms. The van der Waals surface area contributed by atoms with Gasteiger partial charge < -0.3 is 14.5 Å². The van der Waals surface area contributed by atoms with Gasteiger partial charge in [0.05, 0.1) is 17.7 Å². The summed E-state index contributed by atoms with van der Waals surface area (Å²) >= 11 is 2.03. The molecule has 124 valence electrons. The van der Waals surface area contributed by atoms with Crippen LogP contribution < -0.4 is 5.32 Å². The summed E-state index contributed by atoms with van der Waals surface area (Å²) in [5, 5.41) is 3.54. The summed E-state index contributed by atoms with van der Waals surface area (Å²) in [7, 11) is 0. The largest absolute Gasteiger partial charge is 0.460 e. The summed E-state index contributed by atoms with van der Waals surface area (Å²) in [6.07, 6.45) is 3.21. The number of carbonyl (C=O) groups is 1. The predicted octanol–water partition coefficient (Wildman–Crippen LogP) is 4.80. The molecule has 5 nitrogen and oxygen atoms in total. The molecule has 3 aromatic rings. The minimum atomic E-state index is -0.610. The Labute approximate surface area is 151 Å². The maximum Gasteiger partial charge on any atom is 0.376 e. The maximum absolute atomic E-state index is 14.2. The average Bonchev–Trinajstić information content (AvgIpc) is 2.90. The molecule has 0 amide bonds.